The fourth-order valence-corrected chi connectivity index (χ4v) is 3.59. The summed E-state index contributed by atoms with van der Waals surface area (Å²) in [5, 5.41) is 19.0. The average Bonchev–Trinajstić information content (AvgIpc) is 3.15. The molecule has 0 amide bonds. The second-order valence-electron chi connectivity index (χ2n) is 5.46. The lowest BCUT2D eigenvalue weighted by Gasteiger charge is -2.05. The van der Waals surface area contributed by atoms with Gasteiger partial charge in [-0.2, -0.15) is 0 Å². The molecule has 0 fully saturated rings. The maximum atomic E-state index is 4.60. The van der Waals surface area contributed by atoms with E-state index >= 15 is 0 Å². The Bertz CT molecular complexity index is 737. The predicted molar refractivity (Wildman–Crippen MR) is 94.1 cm³/mol. The van der Waals surface area contributed by atoms with Crippen LogP contribution in [0.25, 0.3) is 0 Å². The van der Waals surface area contributed by atoms with Gasteiger partial charge >= 0.3 is 0 Å². The lowest BCUT2D eigenvalue weighted by atomic mass is 10.2. The van der Waals surface area contributed by atoms with Crippen molar-refractivity contribution in [3.63, 3.8) is 0 Å². The molecule has 0 aliphatic heterocycles. The Morgan fingerprint density at radius 3 is 2.87 bits per heavy atom. The van der Waals surface area contributed by atoms with Crippen molar-refractivity contribution in [2.45, 2.75) is 31.3 Å². The number of para-hydroxylation sites is 1. The number of nitrogens with one attached hydrogen (secondary N) is 1. The van der Waals surface area contributed by atoms with Gasteiger partial charge in [0.2, 0.25) is 5.16 Å². The average molecular weight is 346 g/mol. The number of benzene rings is 1. The first-order chi connectivity index (χ1) is 11.2. The van der Waals surface area contributed by atoms with Gasteiger partial charge in [0.05, 0.1) is 5.69 Å². The van der Waals surface area contributed by atoms with Gasteiger partial charge < -0.3 is 5.32 Å². The van der Waals surface area contributed by atoms with Gasteiger partial charge in [-0.25, -0.2) is 9.67 Å². The number of rotatable bonds is 7. The summed E-state index contributed by atoms with van der Waals surface area (Å²) >= 11 is 3.21. The van der Waals surface area contributed by atoms with Crippen LogP contribution in [0.1, 0.15) is 19.5 Å². The molecule has 0 saturated heterocycles. The fourth-order valence-electron chi connectivity index (χ4n) is 1.97. The van der Waals surface area contributed by atoms with E-state index in [4.69, 9.17) is 0 Å². The van der Waals surface area contributed by atoms with Gasteiger partial charge in [-0.1, -0.05) is 43.8 Å². The number of anilines is 2. The van der Waals surface area contributed by atoms with Crippen LogP contribution < -0.4 is 5.32 Å². The van der Waals surface area contributed by atoms with Gasteiger partial charge in [0.1, 0.15) is 0 Å². The second-order valence-corrected chi connectivity index (χ2v) is 7.26. The summed E-state index contributed by atoms with van der Waals surface area (Å²) in [6.45, 7) is 5.13. The van der Waals surface area contributed by atoms with Crippen molar-refractivity contribution in [3.8, 4) is 0 Å². The van der Waals surface area contributed by atoms with Gasteiger partial charge in [-0.3, -0.25) is 0 Å². The summed E-state index contributed by atoms with van der Waals surface area (Å²) in [5.41, 5.74) is 2.07. The molecule has 3 rings (SSSR count). The Hall–Kier alpha value is -1.93. The molecule has 2 heterocycles. The normalized spacial score (nSPS) is 11.1. The van der Waals surface area contributed by atoms with E-state index in [1.807, 2.05) is 35.0 Å². The molecular weight excluding hydrogens is 328 g/mol. The summed E-state index contributed by atoms with van der Waals surface area (Å²) in [5.74, 6) is 1.27. The molecular formula is C15H18N6S2. The summed E-state index contributed by atoms with van der Waals surface area (Å²) in [6.07, 6.45) is 0. The zero-order valence-electron chi connectivity index (χ0n) is 13.0. The van der Waals surface area contributed by atoms with Crippen LogP contribution in [0, 0.1) is 5.92 Å². The van der Waals surface area contributed by atoms with Crippen LogP contribution in [-0.4, -0.2) is 25.2 Å². The summed E-state index contributed by atoms with van der Waals surface area (Å²) in [4.78, 5) is 4.60. The summed E-state index contributed by atoms with van der Waals surface area (Å²) < 4.78 is 1.85. The Morgan fingerprint density at radius 2 is 2.09 bits per heavy atom. The van der Waals surface area contributed by atoms with Crippen molar-refractivity contribution >= 4 is 33.9 Å². The van der Waals surface area contributed by atoms with Gasteiger partial charge in [-0.15, -0.1) is 16.4 Å². The molecule has 23 heavy (non-hydrogen) atoms. The minimum absolute atomic E-state index is 0.513. The molecule has 8 heteroatoms. The highest BCUT2D eigenvalue weighted by molar-refractivity contribution is 7.98. The number of nitrogens with zero attached hydrogens (tertiary/aromatic N) is 5. The molecule has 0 atom stereocenters. The third-order valence-corrected chi connectivity index (χ3v) is 4.76. The van der Waals surface area contributed by atoms with Crippen molar-refractivity contribution in [1.82, 2.24) is 25.2 Å². The van der Waals surface area contributed by atoms with E-state index in [9.17, 15) is 0 Å². The first-order valence-electron chi connectivity index (χ1n) is 7.36. The highest BCUT2D eigenvalue weighted by atomic mass is 32.2. The first kappa shape index (κ1) is 15.9. The summed E-state index contributed by atoms with van der Waals surface area (Å²) in [6, 6.07) is 10.0. The van der Waals surface area contributed by atoms with Gasteiger partial charge in [0.15, 0.2) is 5.13 Å². The van der Waals surface area contributed by atoms with Gasteiger partial charge in [-0.05, 0) is 28.5 Å². The SMILES string of the molecule is CC(C)Cn1nnnc1SCc1csc(Nc2ccccc2)n1. The molecule has 0 spiro atoms. The van der Waals surface area contributed by atoms with E-state index in [1.165, 1.54) is 0 Å². The second kappa shape index (κ2) is 7.56. The summed E-state index contributed by atoms with van der Waals surface area (Å²) in [7, 11) is 0. The van der Waals surface area contributed by atoms with Crippen molar-refractivity contribution in [2.24, 2.45) is 5.92 Å². The number of hydrogen-bond acceptors (Lipinski definition) is 7. The van der Waals surface area contributed by atoms with Crippen LogP contribution in [0.2, 0.25) is 0 Å². The minimum atomic E-state index is 0.513. The lowest BCUT2D eigenvalue weighted by Crippen LogP contribution is -2.07. The van der Waals surface area contributed by atoms with E-state index in [0.29, 0.717) is 5.92 Å². The Labute approximate surface area is 143 Å². The molecule has 0 saturated carbocycles. The topological polar surface area (TPSA) is 68.5 Å². The Balaban J connectivity index is 1.58. The standard InChI is InChI=1S/C15H18N6S2/c1-11(2)8-21-15(18-19-20-21)23-10-13-9-22-14(17-13)16-12-6-4-3-5-7-12/h3-7,9,11H,8,10H2,1-2H3,(H,16,17). The molecule has 0 unspecified atom stereocenters. The third kappa shape index (κ3) is 4.52. The molecule has 6 nitrogen and oxygen atoms in total. The number of thioether (sulfide) groups is 1. The first-order valence-corrected chi connectivity index (χ1v) is 9.22. The molecule has 120 valence electrons. The number of tetrazole rings is 1. The van der Waals surface area contributed by atoms with Crippen molar-refractivity contribution in [3.05, 3.63) is 41.4 Å². The van der Waals surface area contributed by atoms with E-state index in [1.54, 1.807) is 23.1 Å². The molecule has 1 N–H and O–H groups in total. The van der Waals surface area contributed by atoms with Crippen molar-refractivity contribution < 1.29 is 0 Å². The number of aromatic nitrogens is 5. The zero-order valence-corrected chi connectivity index (χ0v) is 14.6. The Morgan fingerprint density at radius 1 is 1.26 bits per heavy atom. The molecule has 0 radical (unpaired) electrons. The highest BCUT2D eigenvalue weighted by Crippen LogP contribution is 2.25. The van der Waals surface area contributed by atoms with Crippen LogP contribution in [0.5, 0.6) is 0 Å². The monoisotopic (exact) mass is 346 g/mol. The minimum Gasteiger partial charge on any atom is -0.332 e. The van der Waals surface area contributed by atoms with Crippen LogP contribution in [0.4, 0.5) is 10.8 Å². The van der Waals surface area contributed by atoms with E-state index in [0.717, 1.165) is 34.0 Å². The largest absolute Gasteiger partial charge is 0.332 e. The lowest BCUT2D eigenvalue weighted by molar-refractivity contribution is 0.446. The third-order valence-electron chi connectivity index (χ3n) is 2.96. The van der Waals surface area contributed by atoms with Crippen LogP contribution in [0.15, 0.2) is 40.9 Å². The number of thiazole rings is 1. The maximum absolute atomic E-state index is 4.60. The van der Waals surface area contributed by atoms with Crippen LogP contribution in [0.3, 0.4) is 0 Å². The molecule has 0 aliphatic carbocycles. The van der Waals surface area contributed by atoms with E-state index in [-0.39, 0.29) is 0 Å². The smallest absolute Gasteiger partial charge is 0.209 e. The maximum Gasteiger partial charge on any atom is 0.209 e. The van der Waals surface area contributed by atoms with Gasteiger partial charge in [0.25, 0.3) is 0 Å². The zero-order chi connectivity index (χ0) is 16.1. The van der Waals surface area contributed by atoms with E-state index in [2.05, 4.69) is 45.1 Å². The van der Waals surface area contributed by atoms with E-state index < -0.39 is 0 Å². The van der Waals surface area contributed by atoms with Crippen LogP contribution >= 0.6 is 23.1 Å². The van der Waals surface area contributed by atoms with Crippen LogP contribution in [-0.2, 0) is 12.3 Å². The predicted octanol–water partition coefficient (Wildman–Crippen LogP) is 3.82. The molecule has 2 aromatic heterocycles. The fraction of sp³-hybridized carbons (Fsp3) is 0.333. The molecule has 1 aromatic carbocycles. The quantitative estimate of drug-likeness (QED) is 0.656. The molecule has 0 bridgehead atoms. The number of hydrogen-bond donors (Lipinski definition) is 1. The molecule has 3 aromatic rings. The Kier molecular flexibility index (Phi) is 5.24. The van der Waals surface area contributed by atoms with Crippen molar-refractivity contribution in [1.29, 1.82) is 0 Å². The highest BCUT2D eigenvalue weighted by Gasteiger charge is 2.10. The van der Waals surface area contributed by atoms with Crippen molar-refractivity contribution in [2.75, 3.05) is 5.32 Å². The van der Waals surface area contributed by atoms with Gasteiger partial charge in [0, 0.05) is 23.4 Å². The molecule has 0 aliphatic rings.